The van der Waals surface area contributed by atoms with Gasteiger partial charge < -0.3 is 20.7 Å². The zero-order valence-electron chi connectivity index (χ0n) is 11.6. The lowest BCUT2D eigenvalue weighted by Gasteiger charge is -2.28. The molecule has 4 N–H and O–H groups in total. The molecule has 3 rings (SSSR count). The maximum absolute atomic E-state index is 14.4. The molecule has 0 bridgehead atoms. The Labute approximate surface area is 123 Å². The zero-order valence-corrected chi connectivity index (χ0v) is 11.6. The fraction of sp³-hybridized carbons (Fsp3) is 0.583. The molecule has 0 unspecified atom stereocenters. The highest BCUT2D eigenvalue weighted by atomic mass is 19.1. The van der Waals surface area contributed by atoms with Gasteiger partial charge in [-0.05, 0) is 6.42 Å². The van der Waals surface area contributed by atoms with Gasteiger partial charge in [0.2, 0.25) is 0 Å². The molecule has 1 aliphatic heterocycles. The molecule has 3 heterocycles. The van der Waals surface area contributed by atoms with Crippen molar-refractivity contribution in [1.82, 2.24) is 19.5 Å². The van der Waals surface area contributed by atoms with E-state index in [9.17, 15) is 19.0 Å². The first-order valence-corrected chi connectivity index (χ1v) is 6.70. The molecule has 1 aliphatic rings. The molecule has 120 valence electrons. The Morgan fingerprint density at radius 1 is 1.50 bits per heavy atom. The van der Waals surface area contributed by atoms with Crippen LogP contribution in [0.1, 0.15) is 19.6 Å². The summed E-state index contributed by atoms with van der Waals surface area (Å²) in [6.45, 7) is 1.10. The van der Waals surface area contributed by atoms with Crippen LogP contribution in [0.4, 0.5) is 14.6 Å². The lowest BCUT2D eigenvalue weighted by atomic mass is 9.94. The molecule has 0 saturated carbocycles. The minimum absolute atomic E-state index is 0.0466. The Hall–Kier alpha value is -1.91. The van der Waals surface area contributed by atoms with Crippen molar-refractivity contribution in [2.24, 2.45) is 0 Å². The van der Waals surface area contributed by atoms with Crippen molar-refractivity contribution >= 4 is 17.0 Å². The second-order valence-corrected chi connectivity index (χ2v) is 5.18. The van der Waals surface area contributed by atoms with Gasteiger partial charge in [-0.25, -0.2) is 9.37 Å². The van der Waals surface area contributed by atoms with Crippen LogP contribution in [-0.4, -0.2) is 54.2 Å². The van der Waals surface area contributed by atoms with Gasteiger partial charge in [-0.2, -0.15) is 14.4 Å². The van der Waals surface area contributed by atoms with Crippen LogP contribution >= 0.6 is 0 Å². The minimum Gasteiger partial charge on any atom is -0.393 e. The number of anilines is 1. The van der Waals surface area contributed by atoms with E-state index in [1.54, 1.807) is 6.92 Å². The predicted molar refractivity (Wildman–Crippen MR) is 70.8 cm³/mol. The molecule has 22 heavy (non-hydrogen) atoms. The molecule has 0 amide bonds. The first-order valence-electron chi connectivity index (χ1n) is 6.70. The van der Waals surface area contributed by atoms with Crippen LogP contribution in [-0.2, 0) is 4.74 Å². The summed E-state index contributed by atoms with van der Waals surface area (Å²) >= 11 is 0. The second kappa shape index (κ2) is 5.07. The molecule has 0 aromatic carbocycles. The van der Waals surface area contributed by atoms with Gasteiger partial charge in [-0.15, -0.1) is 0 Å². The average Bonchev–Trinajstić information content (AvgIpc) is 3.01. The van der Waals surface area contributed by atoms with Gasteiger partial charge in [-0.3, -0.25) is 4.57 Å². The number of nitrogens with two attached hydrogens (primary N) is 1. The van der Waals surface area contributed by atoms with Crippen molar-refractivity contribution in [3.8, 4) is 0 Å². The smallest absolute Gasteiger partial charge is 0.312 e. The SMILES string of the molecule is CC[C@]1(CO)O[C@@H](n2cnc3c(N)nc(F)nc32)[C@@H](F)[C@@H]1O. The van der Waals surface area contributed by atoms with E-state index < -0.39 is 36.8 Å². The second-order valence-electron chi connectivity index (χ2n) is 5.18. The van der Waals surface area contributed by atoms with Gasteiger partial charge in [-0.1, -0.05) is 6.92 Å². The number of hydrogen-bond donors (Lipinski definition) is 3. The van der Waals surface area contributed by atoms with Crippen molar-refractivity contribution in [1.29, 1.82) is 0 Å². The van der Waals surface area contributed by atoms with Crippen molar-refractivity contribution in [2.75, 3.05) is 12.3 Å². The minimum atomic E-state index is -1.84. The molecule has 1 fully saturated rings. The Morgan fingerprint density at radius 2 is 2.23 bits per heavy atom. The van der Waals surface area contributed by atoms with Crippen molar-refractivity contribution in [2.45, 2.75) is 37.4 Å². The van der Waals surface area contributed by atoms with Crippen LogP contribution in [0.25, 0.3) is 11.2 Å². The van der Waals surface area contributed by atoms with Gasteiger partial charge in [0.25, 0.3) is 0 Å². The summed E-state index contributed by atoms with van der Waals surface area (Å²) in [7, 11) is 0. The number of imidazole rings is 1. The van der Waals surface area contributed by atoms with E-state index in [0.717, 1.165) is 4.57 Å². The van der Waals surface area contributed by atoms with Crippen LogP contribution in [0.5, 0.6) is 0 Å². The van der Waals surface area contributed by atoms with E-state index in [1.165, 1.54) is 6.33 Å². The van der Waals surface area contributed by atoms with E-state index in [1.807, 2.05) is 0 Å². The summed E-state index contributed by atoms with van der Waals surface area (Å²) in [5.41, 5.74) is 4.17. The monoisotopic (exact) mass is 315 g/mol. The molecule has 4 atom stereocenters. The molecule has 10 heteroatoms. The van der Waals surface area contributed by atoms with Crippen LogP contribution in [0.2, 0.25) is 0 Å². The van der Waals surface area contributed by atoms with Gasteiger partial charge in [0.1, 0.15) is 11.7 Å². The highest BCUT2D eigenvalue weighted by molar-refractivity contribution is 5.81. The molecule has 0 radical (unpaired) electrons. The van der Waals surface area contributed by atoms with E-state index in [0.29, 0.717) is 0 Å². The fourth-order valence-corrected chi connectivity index (χ4v) is 2.66. The Bertz CT molecular complexity index is 705. The maximum atomic E-state index is 14.4. The molecule has 8 nitrogen and oxygen atoms in total. The summed E-state index contributed by atoms with van der Waals surface area (Å²) in [5, 5.41) is 19.5. The van der Waals surface area contributed by atoms with Crippen LogP contribution in [0, 0.1) is 6.08 Å². The molecular formula is C12H15F2N5O3. The van der Waals surface area contributed by atoms with E-state index in [-0.39, 0.29) is 23.4 Å². The third-order valence-electron chi connectivity index (χ3n) is 4.03. The number of rotatable bonds is 3. The normalized spacial score (nSPS) is 32.0. The highest BCUT2D eigenvalue weighted by Crippen LogP contribution is 2.41. The van der Waals surface area contributed by atoms with Crippen molar-refractivity contribution in [3.63, 3.8) is 0 Å². The number of halogens is 2. The standard InChI is InChI=1S/C12H15F2N5O3/c1-2-12(3-20)7(21)5(13)10(22-12)19-4-16-6-8(15)17-11(14)18-9(6)19/h4-5,7,10,20-21H,2-3H2,1H3,(H2,15,17,18)/t5-,7-,10+,12+/m0/s1. The molecule has 0 spiro atoms. The topological polar surface area (TPSA) is 119 Å². The van der Waals surface area contributed by atoms with E-state index >= 15 is 0 Å². The predicted octanol–water partition coefficient (Wildman–Crippen LogP) is -0.0835. The summed E-state index contributed by atoms with van der Waals surface area (Å²) in [4.78, 5) is 10.8. The Balaban J connectivity index is 2.09. The fourth-order valence-electron chi connectivity index (χ4n) is 2.66. The number of nitrogens with zero attached hydrogens (tertiary/aromatic N) is 4. The van der Waals surface area contributed by atoms with Gasteiger partial charge in [0.05, 0.1) is 12.9 Å². The van der Waals surface area contributed by atoms with Gasteiger partial charge in [0.15, 0.2) is 29.4 Å². The molecular weight excluding hydrogens is 300 g/mol. The summed E-state index contributed by atoms with van der Waals surface area (Å²) < 4.78 is 34.4. The van der Waals surface area contributed by atoms with Crippen molar-refractivity contribution in [3.05, 3.63) is 12.4 Å². The number of nitrogen functional groups attached to an aromatic ring is 1. The molecule has 0 aliphatic carbocycles. The van der Waals surface area contributed by atoms with E-state index in [2.05, 4.69) is 15.0 Å². The van der Waals surface area contributed by atoms with Crippen molar-refractivity contribution < 1.29 is 23.7 Å². The third-order valence-corrected chi connectivity index (χ3v) is 4.03. The van der Waals surface area contributed by atoms with Crippen LogP contribution < -0.4 is 5.73 Å². The average molecular weight is 315 g/mol. The van der Waals surface area contributed by atoms with Gasteiger partial charge >= 0.3 is 6.08 Å². The summed E-state index contributed by atoms with van der Waals surface area (Å²) in [5.74, 6) is -0.181. The van der Waals surface area contributed by atoms with Crippen LogP contribution in [0.15, 0.2) is 6.33 Å². The number of fused-ring (bicyclic) bond motifs is 1. The van der Waals surface area contributed by atoms with E-state index in [4.69, 9.17) is 10.5 Å². The quantitative estimate of drug-likeness (QED) is 0.677. The maximum Gasteiger partial charge on any atom is 0.312 e. The van der Waals surface area contributed by atoms with Crippen LogP contribution in [0.3, 0.4) is 0 Å². The summed E-state index contributed by atoms with van der Waals surface area (Å²) in [6.07, 6.45) is -4.38. The highest BCUT2D eigenvalue weighted by Gasteiger charge is 2.55. The number of aromatic nitrogens is 4. The Morgan fingerprint density at radius 3 is 2.82 bits per heavy atom. The lowest BCUT2D eigenvalue weighted by Crippen LogP contribution is -2.44. The number of aliphatic hydroxyl groups excluding tert-OH is 2. The number of hydrogen-bond acceptors (Lipinski definition) is 7. The first-order chi connectivity index (χ1) is 10.4. The zero-order chi connectivity index (χ0) is 16.1. The first kappa shape index (κ1) is 15.0. The number of ether oxygens (including phenoxy) is 1. The Kier molecular flexibility index (Phi) is 3.46. The summed E-state index contributed by atoms with van der Waals surface area (Å²) in [6, 6.07) is 0. The molecule has 2 aromatic rings. The molecule has 1 saturated heterocycles. The number of aliphatic hydroxyl groups is 2. The largest absolute Gasteiger partial charge is 0.393 e. The lowest BCUT2D eigenvalue weighted by molar-refractivity contribution is -0.128. The van der Waals surface area contributed by atoms with Gasteiger partial charge in [0, 0.05) is 0 Å². The third kappa shape index (κ3) is 1.95. The number of alkyl halides is 1. The molecule has 2 aromatic heterocycles.